The number of nitrogens with zero attached hydrogens (tertiary/aromatic N) is 4. The number of methoxy groups -OCH3 is 1. The number of rotatable bonds is 5. The minimum absolute atomic E-state index is 0.0801. The topological polar surface area (TPSA) is 125 Å². The molecule has 29 heavy (non-hydrogen) atoms. The fourth-order valence-corrected chi connectivity index (χ4v) is 5.22. The lowest BCUT2D eigenvalue weighted by Gasteiger charge is -2.29. The smallest absolute Gasteiger partial charge is 0.240 e. The van der Waals surface area contributed by atoms with Crippen LogP contribution in [0.2, 0.25) is 5.28 Å². The van der Waals surface area contributed by atoms with Crippen molar-refractivity contribution in [2.24, 2.45) is 0 Å². The van der Waals surface area contributed by atoms with Gasteiger partial charge in [-0.1, -0.05) is 6.07 Å². The van der Waals surface area contributed by atoms with Crippen LogP contribution >= 0.6 is 11.6 Å². The molecule has 0 saturated heterocycles. The van der Waals surface area contributed by atoms with Gasteiger partial charge in [0.15, 0.2) is 11.5 Å². The van der Waals surface area contributed by atoms with E-state index in [2.05, 4.69) is 19.7 Å². The van der Waals surface area contributed by atoms with Crippen molar-refractivity contribution in [2.75, 3.05) is 12.8 Å². The lowest BCUT2D eigenvalue weighted by molar-refractivity contribution is 0.315. The SMILES string of the molecule is COc1cccc(S(=O)(=O)NC2CCC(n3cnc4c(N)nc(Cl)nc43)CC2)c1. The van der Waals surface area contributed by atoms with E-state index in [1.807, 2.05) is 4.57 Å². The summed E-state index contributed by atoms with van der Waals surface area (Å²) < 4.78 is 35.3. The minimum Gasteiger partial charge on any atom is -0.497 e. The molecule has 1 aliphatic rings. The van der Waals surface area contributed by atoms with Crippen LogP contribution in [-0.2, 0) is 10.0 Å². The highest BCUT2D eigenvalue weighted by Gasteiger charge is 2.28. The van der Waals surface area contributed by atoms with E-state index >= 15 is 0 Å². The third-order valence-corrected chi connectivity index (χ3v) is 6.87. The predicted octanol–water partition coefficient (Wildman–Crippen LogP) is 2.53. The number of halogens is 1. The molecule has 3 aromatic rings. The number of imidazole rings is 1. The fraction of sp³-hybridized carbons (Fsp3) is 0.389. The van der Waals surface area contributed by atoms with Crippen LogP contribution in [0.1, 0.15) is 31.7 Å². The first-order chi connectivity index (χ1) is 13.9. The molecule has 1 fully saturated rings. The maximum atomic E-state index is 12.7. The summed E-state index contributed by atoms with van der Waals surface area (Å²) in [4.78, 5) is 12.7. The predicted molar refractivity (Wildman–Crippen MR) is 109 cm³/mol. The van der Waals surface area contributed by atoms with Crippen molar-refractivity contribution >= 4 is 38.6 Å². The Labute approximate surface area is 173 Å². The van der Waals surface area contributed by atoms with Gasteiger partial charge in [-0.15, -0.1) is 0 Å². The molecule has 0 bridgehead atoms. The molecule has 3 N–H and O–H groups in total. The van der Waals surface area contributed by atoms with Gasteiger partial charge in [0, 0.05) is 18.2 Å². The van der Waals surface area contributed by atoms with Crippen LogP contribution in [0.5, 0.6) is 5.75 Å². The fourth-order valence-electron chi connectivity index (χ4n) is 3.71. The number of anilines is 1. The summed E-state index contributed by atoms with van der Waals surface area (Å²) in [5.41, 5.74) is 6.99. The largest absolute Gasteiger partial charge is 0.497 e. The van der Waals surface area contributed by atoms with E-state index in [-0.39, 0.29) is 28.1 Å². The van der Waals surface area contributed by atoms with Crippen molar-refractivity contribution in [3.8, 4) is 5.75 Å². The molecule has 0 unspecified atom stereocenters. The highest BCUT2D eigenvalue weighted by atomic mass is 35.5. The number of sulfonamides is 1. The van der Waals surface area contributed by atoms with E-state index < -0.39 is 10.0 Å². The van der Waals surface area contributed by atoms with E-state index in [0.717, 1.165) is 12.8 Å². The van der Waals surface area contributed by atoms with Gasteiger partial charge < -0.3 is 15.0 Å². The maximum absolute atomic E-state index is 12.7. The molecule has 0 aliphatic heterocycles. The molecule has 0 amide bonds. The summed E-state index contributed by atoms with van der Waals surface area (Å²) in [5, 5.41) is 0.0801. The Balaban J connectivity index is 1.46. The van der Waals surface area contributed by atoms with Gasteiger partial charge >= 0.3 is 0 Å². The van der Waals surface area contributed by atoms with Crippen molar-refractivity contribution in [3.05, 3.63) is 35.9 Å². The van der Waals surface area contributed by atoms with E-state index in [1.54, 1.807) is 24.5 Å². The molecule has 2 heterocycles. The van der Waals surface area contributed by atoms with Crippen molar-refractivity contribution < 1.29 is 13.2 Å². The number of benzene rings is 1. The normalized spacial score (nSPS) is 20.1. The second-order valence-corrected chi connectivity index (χ2v) is 9.06. The van der Waals surface area contributed by atoms with Crippen LogP contribution in [0, 0.1) is 0 Å². The third-order valence-electron chi connectivity index (χ3n) is 5.18. The number of hydrogen-bond acceptors (Lipinski definition) is 7. The van der Waals surface area contributed by atoms with Gasteiger partial charge in [0.1, 0.15) is 11.3 Å². The lowest BCUT2D eigenvalue weighted by Crippen LogP contribution is -2.37. The van der Waals surface area contributed by atoms with Gasteiger partial charge in [-0.25, -0.2) is 18.1 Å². The summed E-state index contributed by atoms with van der Waals surface area (Å²) in [6.07, 6.45) is 4.64. The molecule has 2 aromatic heterocycles. The summed E-state index contributed by atoms with van der Waals surface area (Å²) in [7, 11) is -2.11. The summed E-state index contributed by atoms with van der Waals surface area (Å²) in [6.45, 7) is 0. The Hall–Kier alpha value is -2.43. The van der Waals surface area contributed by atoms with Crippen molar-refractivity contribution in [3.63, 3.8) is 0 Å². The highest BCUT2D eigenvalue weighted by molar-refractivity contribution is 7.89. The van der Waals surface area contributed by atoms with E-state index in [1.165, 1.54) is 13.2 Å². The Morgan fingerprint density at radius 1 is 1.24 bits per heavy atom. The highest BCUT2D eigenvalue weighted by Crippen LogP contribution is 2.32. The molecule has 0 radical (unpaired) electrons. The van der Waals surface area contributed by atoms with Crippen molar-refractivity contribution in [1.29, 1.82) is 0 Å². The van der Waals surface area contributed by atoms with Crippen LogP contribution in [-0.4, -0.2) is 41.1 Å². The average molecular weight is 437 g/mol. The monoisotopic (exact) mass is 436 g/mol. The first-order valence-electron chi connectivity index (χ1n) is 9.19. The quantitative estimate of drug-likeness (QED) is 0.588. The minimum atomic E-state index is -3.61. The molecule has 1 aromatic carbocycles. The van der Waals surface area contributed by atoms with Gasteiger partial charge in [-0.2, -0.15) is 9.97 Å². The first-order valence-corrected chi connectivity index (χ1v) is 11.1. The number of nitrogens with one attached hydrogen (secondary N) is 1. The number of fused-ring (bicyclic) bond motifs is 1. The van der Waals surface area contributed by atoms with E-state index in [4.69, 9.17) is 22.1 Å². The van der Waals surface area contributed by atoms with Crippen LogP contribution in [0.4, 0.5) is 5.82 Å². The van der Waals surface area contributed by atoms with Crippen LogP contribution < -0.4 is 15.2 Å². The van der Waals surface area contributed by atoms with Gasteiger partial charge in [0.2, 0.25) is 15.3 Å². The molecule has 0 spiro atoms. The Morgan fingerprint density at radius 3 is 2.72 bits per heavy atom. The molecular formula is C18H21ClN6O3S. The Morgan fingerprint density at radius 2 is 2.00 bits per heavy atom. The number of nitrogens with two attached hydrogens (primary N) is 1. The van der Waals surface area contributed by atoms with E-state index in [9.17, 15) is 8.42 Å². The summed E-state index contributed by atoms with van der Waals surface area (Å²) >= 11 is 5.94. The molecule has 1 saturated carbocycles. The average Bonchev–Trinajstić information content (AvgIpc) is 3.12. The van der Waals surface area contributed by atoms with Crippen LogP contribution in [0.15, 0.2) is 35.5 Å². The second kappa shape index (κ2) is 7.77. The zero-order valence-corrected chi connectivity index (χ0v) is 17.3. The van der Waals surface area contributed by atoms with Gasteiger partial charge in [-0.05, 0) is 49.4 Å². The number of ether oxygens (including phenoxy) is 1. The van der Waals surface area contributed by atoms with Crippen LogP contribution in [0.25, 0.3) is 11.2 Å². The summed E-state index contributed by atoms with van der Waals surface area (Å²) in [6, 6.07) is 6.44. The third kappa shape index (κ3) is 4.00. The van der Waals surface area contributed by atoms with Crippen molar-refractivity contribution in [1.82, 2.24) is 24.2 Å². The van der Waals surface area contributed by atoms with E-state index in [0.29, 0.717) is 29.8 Å². The zero-order chi connectivity index (χ0) is 20.6. The molecule has 1 aliphatic carbocycles. The van der Waals surface area contributed by atoms with Crippen LogP contribution in [0.3, 0.4) is 0 Å². The number of hydrogen-bond donors (Lipinski definition) is 2. The molecule has 11 heteroatoms. The lowest BCUT2D eigenvalue weighted by atomic mass is 9.92. The molecule has 4 rings (SSSR count). The Kier molecular flexibility index (Phi) is 5.32. The zero-order valence-electron chi connectivity index (χ0n) is 15.7. The number of nitrogen functional groups attached to an aromatic ring is 1. The Bertz CT molecular complexity index is 1140. The van der Waals surface area contributed by atoms with Gasteiger partial charge in [0.25, 0.3) is 0 Å². The number of aromatic nitrogens is 4. The van der Waals surface area contributed by atoms with Gasteiger partial charge in [-0.3, -0.25) is 0 Å². The van der Waals surface area contributed by atoms with Crippen molar-refractivity contribution in [2.45, 2.75) is 42.7 Å². The summed E-state index contributed by atoms with van der Waals surface area (Å²) in [5.74, 6) is 0.752. The molecule has 154 valence electrons. The molecular weight excluding hydrogens is 416 g/mol. The van der Waals surface area contributed by atoms with Gasteiger partial charge in [0.05, 0.1) is 18.3 Å². The second-order valence-electron chi connectivity index (χ2n) is 7.01. The molecule has 9 nitrogen and oxygen atoms in total. The maximum Gasteiger partial charge on any atom is 0.240 e. The standard InChI is InChI=1S/C18H21ClN6O3S/c1-28-13-3-2-4-14(9-13)29(26,27)24-11-5-7-12(8-6-11)25-10-21-15-16(20)22-18(19)23-17(15)25/h2-4,9-12,24H,5-8H2,1H3,(H2,20,22,23). The first kappa shape index (κ1) is 19.9. The molecule has 0 atom stereocenters.